The summed E-state index contributed by atoms with van der Waals surface area (Å²) in [5.74, 6) is -1.67. The van der Waals surface area contributed by atoms with Crippen LogP contribution in [0.4, 0.5) is 5.82 Å². The van der Waals surface area contributed by atoms with Crippen molar-refractivity contribution in [2.45, 2.75) is 18.4 Å². The summed E-state index contributed by atoms with van der Waals surface area (Å²) in [6, 6.07) is 10.6. The van der Waals surface area contributed by atoms with E-state index in [-0.39, 0.29) is 18.3 Å². The van der Waals surface area contributed by atoms with Gasteiger partial charge in [-0.3, -0.25) is 14.9 Å². The number of carbonyl (C=O) groups excluding carboxylic acids is 2. The molecule has 1 aromatic carbocycles. The van der Waals surface area contributed by atoms with Gasteiger partial charge in [0.2, 0.25) is 0 Å². The van der Waals surface area contributed by atoms with Crippen LogP contribution in [0.1, 0.15) is 18.4 Å². The van der Waals surface area contributed by atoms with E-state index in [9.17, 15) is 14.7 Å². The fourth-order valence-electron chi connectivity index (χ4n) is 3.13. The molecule has 8 nitrogen and oxygen atoms in total. The van der Waals surface area contributed by atoms with Gasteiger partial charge >= 0.3 is 11.8 Å². The zero-order valence-corrected chi connectivity index (χ0v) is 14.2. The van der Waals surface area contributed by atoms with E-state index in [1.807, 2.05) is 30.3 Å². The lowest BCUT2D eigenvalue weighted by molar-refractivity contribution is -0.137. The smallest absolute Gasteiger partial charge is 0.314 e. The van der Waals surface area contributed by atoms with Crippen molar-refractivity contribution < 1.29 is 24.0 Å². The average molecular weight is 359 g/mol. The minimum absolute atomic E-state index is 0.0766. The summed E-state index contributed by atoms with van der Waals surface area (Å²) in [4.78, 5) is 24.0. The molecule has 0 aliphatic carbocycles. The maximum atomic E-state index is 12.1. The summed E-state index contributed by atoms with van der Waals surface area (Å²) < 4.78 is 9.97. The molecule has 2 heterocycles. The van der Waals surface area contributed by atoms with Gasteiger partial charge in [0.05, 0.1) is 6.54 Å². The van der Waals surface area contributed by atoms with Crippen molar-refractivity contribution in [2.75, 3.05) is 25.1 Å². The fraction of sp³-hybridized carbons (Fsp3) is 0.389. The molecule has 1 atom stereocenters. The molecule has 138 valence electrons. The Labute approximate surface area is 150 Å². The van der Waals surface area contributed by atoms with Crippen molar-refractivity contribution in [3.05, 3.63) is 48.2 Å². The van der Waals surface area contributed by atoms with E-state index < -0.39 is 17.4 Å². The second-order valence-corrected chi connectivity index (χ2v) is 6.20. The Morgan fingerprint density at radius 1 is 1.15 bits per heavy atom. The molecule has 3 N–H and O–H groups in total. The van der Waals surface area contributed by atoms with E-state index in [0.29, 0.717) is 31.6 Å². The van der Waals surface area contributed by atoms with Crippen LogP contribution in [0, 0.1) is 5.92 Å². The lowest BCUT2D eigenvalue weighted by Gasteiger charge is -2.39. The van der Waals surface area contributed by atoms with E-state index in [1.54, 1.807) is 0 Å². The molecule has 8 heteroatoms. The molecule has 1 saturated heterocycles. The van der Waals surface area contributed by atoms with Gasteiger partial charge in [-0.25, -0.2) is 0 Å². The Hall–Kier alpha value is -2.71. The summed E-state index contributed by atoms with van der Waals surface area (Å²) in [7, 11) is 0. The molecule has 2 amide bonds. The monoisotopic (exact) mass is 359 g/mol. The Morgan fingerprint density at radius 2 is 1.88 bits per heavy atom. The maximum absolute atomic E-state index is 12.1. The van der Waals surface area contributed by atoms with Crippen LogP contribution in [0.3, 0.4) is 0 Å². The predicted molar refractivity (Wildman–Crippen MR) is 92.0 cm³/mol. The van der Waals surface area contributed by atoms with Gasteiger partial charge < -0.3 is 19.7 Å². The van der Waals surface area contributed by atoms with E-state index in [1.165, 1.54) is 12.3 Å². The van der Waals surface area contributed by atoms with Crippen molar-refractivity contribution in [1.82, 2.24) is 10.5 Å². The van der Waals surface area contributed by atoms with Gasteiger partial charge in [0.1, 0.15) is 11.9 Å². The highest BCUT2D eigenvalue weighted by atomic mass is 16.5. The van der Waals surface area contributed by atoms with E-state index in [2.05, 4.69) is 20.3 Å². The number of carbonyl (C=O) groups is 2. The third-order valence-electron chi connectivity index (χ3n) is 4.57. The lowest BCUT2D eigenvalue weighted by Crippen LogP contribution is -2.49. The molecule has 1 unspecified atom stereocenters. The average Bonchev–Trinajstić information content (AvgIpc) is 3.20. The van der Waals surface area contributed by atoms with Crippen molar-refractivity contribution in [3.8, 4) is 0 Å². The third-order valence-corrected chi connectivity index (χ3v) is 4.57. The van der Waals surface area contributed by atoms with Crippen LogP contribution in [0.2, 0.25) is 0 Å². The molecule has 1 aromatic heterocycles. The quantitative estimate of drug-likeness (QED) is 0.688. The number of aliphatic hydroxyl groups is 1. The highest BCUT2D eigenvalue weighted by Crippen LogP contribution is 2.35. The van der Waals surface area contributed by atoms with Gasteiger partial charge in [-0.2, -0.15) is 0 Å². The van der Waals surface area contributed by atoms with Gasteiger partial charge in [0.25, 0.3) is 0 Å². The van der Waals surface area contributed by atoms with Gasteiger partial charge in [0, 0.05) is 19.3 Å². The van der Waals surface area contributed by atoms with Gasteiger partial charge in [-0.1, -0.05) is 35.5 Å². The van der Waals surface area contributed by atoms with Gasteiger partial charge in [-0.05, 0) is 24.3 Å². The lowest BCUT2D eigenvalue weighted by atomic mass is 9.77. The van der Waals surface area contributed by atoms with Crippen LogP contribution in [0.5, 0.6) is 0 Å². The van der Waals surface area contributed by atoms with Crippen LogP contribution in [0.25, 0.3) is 0 Å². The van der Waals surface area contributed by atoms with Crippen LogP contribution >= 0.6 is 0 Å². The Kier molecular flexibility index (Phi) is 5.65. The number of aromatic nitrogens is 1. The second-order valence-electron chi connectivity index (χ2n) is 6.20. The standard InChI is InChI=1S/C18H21N3O5/c22-16(17(23)20-15-8-11-26-21-15)19-12-18(24,13-4-2-1-3-5-13)14-6-9-25-10-7-14/h1-5,8,11,14,24H,6-7,9-10,12H2,(H,19,22)(H,20,21,23). The molecule has 0 spiro atoms. The highest BCUT2D eigenvalue weighted by molar-refractivity contribution is 6.39. The first-order valence-electron chi connectivity index (χ1n) is 8.45. The number of hydrogen-bond acceptors (Lipinski definition) is 6. The zero-order valence-electron chi connectivity index (χ0n) is 14.2. The summed E-state index contributed by atoms with van der Waals surface area (Å²) in [6.07, 6.45) is 2.63. The molecular weight excluding hydrogens is 338 g/mol. The number of nitrogens with one attached hydrogen (secondary N) is 2. The fourth-order valence-corrected chi connectivity index (χ4v) is 3.13. The minimum Gasteiger partial charge on any atom is -0.383 e. The SMILES string of the molecule is O=C(NCC(O)(c1ccccc1)C1CCOCC1)C(=O)Nc1ccon1. The van der Waals surface area contributed by atoms with Crippen molar-refractivity contribution >= 4 is 17.6 Å². The number of anilines is 1. The summed E-state index contributed by atoms with van der Waals surface area (Å²) in [6.45, 7) is 1.04. The number of rotatable bonds is 5. The summed E-state index contributed by atoms with van der Waals surface area (Å²) >= 11 is 0. The minimum atomic E-state index is -1.28. The van der Waals surface area contributed by atoms with Gasteiger partial charge in [0.15, 0.2) is 5.82 Å². The number of amides is 2. The first-order valence-corrected chi connectivity index (χ1v) is 8.45. The predicted octanol–water partition coefficient (Wildman–Crippen LogP) is 1.04. The molecule has 0 saturated carbocycles. The summed E-state index contributed by atoms with van der Waals surface area (Å²) in [5, 5.41) is 19.7. The van der Waals surface area contributed by atoms with Crippen LogP contribution in [-0.4, -0.2) is 41.8 Å². The van der Waals surface area contributed by atoms with E-state index in [0.717, 1.165) is 0 Å². The van der Waals surface area contributed by atoms with Crippen molar-refractivity contribution in [2.24, 2.45) is 5.92 Å². The second kappa shape index (κ2) is 8.11. The maximum Gasteiger partial charge on any atom is 0.314 e. The van der Waals surface area contributed by atoms with E-state index in [4.69, 9.17) is 4.74 Å². The first kappa shape index (κ1) is 18.1. The van der Waals surface area contributed by atoms with Gasteiger partial charge in [-0.15, -0.1) is 0 Å². The molecule has 1 fully saturated rings. The normalized spacial score (nSPS) is 17.3. The van der Waals surface area contributed by atoms with Crippen LogP contribution in [0.15, 0.2) is 47.2 Å². The third kappa shape index (κ3) is 4.09. The van der Waals surface area contributed by atoms with Crippen molar-refractivity contribution in [1.29, 1.82) is 0 Å². The van der Waals surface area contributed by atoms with Crippen LogP contribution in [-0.2, 0) is 19.9 Å². The van der Waals surface area contributed by atoms with E-state index >= 15 is 0 Å². The molecule has 1 aliphatic rings. The molecule has 2 aromatic rings. The Balaban J connectivity index is 1.69. The molecule has 3 rings (SSSR count). The molecular formula is C18H21N3O5. The Bertz CT molecular complexity index is 729. The number of benzene rings is 1. The molecule has 0 radical (unpaired) electrons. The number of nitrogens with zero attached hydrogens (tertiary/aromatic N) is 1. The molecule has 0 bridgehead atoms. The summed E-state index contributed by atoms with van der Waals surface area (Å²) in [5.41, 5.74) is -0.585. The number of hydrogen-bond donors (Lipinski definition) is 3. The van der Waals surface area contributed by atoms with Crippen molar-refractivity contribution in [3.63, 3.8) is 0 Å². The molecule has 1 aliphatic heterocycles. The van der Waals surface area contributed by atoms with Crippen LogP contribution < -0.4 is 10.6 Å². The number of ether oxygens (including phenoxy) is 1. The highest BCUT2D eigenvalue weighted by Gasteiger charge is 2.39. The topological polar surface area (TPSA) is 114 Å². The largest absolute Gasteiger partial charge is 0.383 e. The Morgan fingerprint density at radius 3 is 2.54 bits per heavy atom. The zero-order chi connectivity index (χ0) is 18.4. The molecule has 26 heavy (non-hydrogen) atoms. The first-order chi connectivity index (χ1) is 12.6.